The number of aryl methyl sites for hydroxylation is 1. The van der Waals surface area contributed by atoms with Crippen LogP contribution in [0, 0.1) is 6.92 Å². The fraction of sp³-hybridized carbons (Fsp3) is 0.227. The zero-order valence-corrected chi connectivity index (χ0v) is 18.9. The zero-order chi connectivity index (χ0) is 22.8. The molecule has 8 nitrogen and oxygen atoms in total. The number of anilines is 1. The summed E-state index contributed by atoms with van der Waals surface area (Å²) in [5, 5.41) is 2.68. The molecule has 0 radical (unpaired) electrons. The molecule has 0 fully saturated rings. The van der Waals surface area contributed by atoms with Gasteiger partial charge in [-0.1, -0.05) is 12.6 Å². The second-order valence-corrected chi connectivity index (χ2v) is 7.38. The van der Waals surface area contributed by atoms with Gasteiger partial charge in [0, 0.05) is 11.4 Å². The van der Waals surface area contributed by atoms with Crippen LogP contribution in [0.1, 0.15) is 29.3 Å². The summed E-state index contributed by atoms with van der Waals surface area (Å²) in [6.07, 6.45) is -0.0652. The first-order chi connectivity index (χ1) is 14.8. The van der Waals surface area contributed by atoms with Crippen molar-refractivity contribution < 1.29 is 23.9 Å². The fourth-order valence-electron chi connectivity index (χ4n) is 2.41. The summed E-state index contributed by atoms with van der Waals surface area (Å²) >= 11 is 3.38. The lowest BCUT2D eigenvalue weighted by Gasteiger charge is -2.13. The van der Waals surface area contributed by atoms with Crippen LogP contribution < -0.4 is 20.9 Å². The summed E-state index contributed by atoms with van der Waals surface area (Å²) in [4.78, 5) is 35.7. The van der Waals surface area contributed by atoms with Gasteiger partial charge in [0.1, 0.15) is 5.75 Å². The second kappa shape index (κ2) is 11.8. The molecule has 0 aliphatic carbocycles. The molecule has 0 unspecified atom stereocenters. The smallest absolute Gasteiger partial charge is 0.338 e. The van der Waals surface area contributed by atoms with Gasteiger partial charge < -0.3 is 20.2 Å². The van der Waals surface area contributed by atoms with Gasteiger partial charge in [-0.2, -0.15) is 0 Å². The molecule has 2 amide bonds. The number of esters is 1. The second-order valence-electron chi connectivity index (χ2n) is 6.52. The van der Waals surface area contributed by atoms with Crippen LogP contribution in [0.25, 0.3) is 0 Å². The van der Waals surface area contributed by atoms with E-state index in [1.807, 2.05) is 19.1 Å². The number of ether oxygens (including phenoxy) is 2. The fourth-order valence-corrected chi connectivity index (χ4v) is 3.02. The molecule has 0 aromatic heterocycles. The summed E-state index contributed by atoms with van der Waals surface area (Å²) in [6.45, 7) is 7.47. The zero-order valence-electron chi connectivity index (χ0n) is 17.3. The SMILES string of the molecule is C=C(CC(=O)Nc1ccc(C(=O)OCC)cc1)NNC(=O)COc1ccc(C)cc1Br. The quantitative estimate of drug-likeness (QED) is 0.348. The van der Waals surface area contributed by atoms with Crippen LogP contribution in [0.15, 0.2) is 59.2 Å². The van der Waals surface area contributed by atoms with E-state index in [9.17, 15) is 14.4 Å². The number of carbonyl (C=O) groups excluding carboxylic acids is 3. The molecule has 2 rings (SSSR count). The Kier molecular flexibility index (Phi) is 9.08. The summed E-state index contributed by atoms with van der Waals surface area (Å²) in [5.41, 5.74) is 7.29. The molecule has 2 aromatic rings. The van der Waals surface area contributed by atoms with Gasteiger partial charge in [0.2, 0.25) is 5.91 Å². The first kappa shape index (κ1) is 23.9. The molecule has 0 aliphatic heterocycles. The van der Waals surface area contributed by atoms with E-state index in [0.29, 0.717) is 29.3 Å². The number of halogens is 1. The van der Waals surface area contributed by atoms with Crippen molar-refractivity contribution in [2.45, 2.75) is 20.3 Å². The van der Waals surface area contributed by atoms with Gasteiger partial charge in [-0.25, -0.2) is 4.79 Å². The minimum Gasteiger partial charge on any atom is -0.483 e. The summed E-state index contributed by atoms with van der Waals surface area (Å²) in [5.74, 6) is -0.639. The molecular formula is C22H24BrN3O5. The molecule has 3 N–H and O–H groups in total. The van der Waals surface area contributed by atoms with Crippen molar-refractivity contribution >= 4 is 39.4 Å². The maximum absolute atomic E-state index is 12.1. The summed E-state index contributed by atoms with van der Waals surface area (Å²) in [7, 11) is 0. The standard InChI is InChI=1S/C22H24BrN3O5/c1-4-30-22(29)16-6-8-17(9-7-16)24-20(27)12-15(3)25-26-21(28)13-31-19-10-5-14(2)11-18(19)23/h5-11,25H,3-4,12-13H2,1-2H3,(H,24,27)(H,26,28). The van der Waals surface area contributed by atoms with Crippen LogP contribution in [0.5, 0.6) is 5.75 Å². The highest BCUT2D eigenvalue weighted by Crippen LogP contribution is 2.25. The molecule has 0 saturated carbocycles. The van der Waals surface area contributed by atoms with Gasteiger partial charge in [0.05, 0.1) is 23.1 Å². The van der Waals surface area contributed by atoms with Gasteiger partial charge in [0.15, 0.2) is 6.61 Å². The minimum absolute atomic E-state index is 0.0652. The number of hydrogen-bond donors (Lipinski definition) is 3. The van der Waals surface area contributed by atoms with Crippen molar-refractivity contribution in [1.29, 1.82) is 0 Å². The molecule has 164 valence electrons. The highest BCUT2D eigenvalue weighted by Gasteiger charge is 2.10. The van der Waals surface area contributed by atoms with E-state index in [1.165, 1.54) is 0 Å². The highest BCUT2D eigenvalue weighted by molar-refractivity contribution is 9.10. The van der Waals surface area contributed by atoms with Crippen molar-refractivity contribution in [3.63, 3.8) is 0 Å². The van der Waals surface area contributed by atoms with Crippen LogP contribution in [0.3, 0.4) is 0 Å². The largest absolute Gasteiger partial charge is 0.483 e. The Hall–Kier alpha value is -3.33. The number of nitrogens with one attached hydrogen (secondary N) is 3. The lowest BCUT2D eigenvalue weighted by molar-refractivity contribution is -0.124. The lowest BCUT2D eigenvalue weighted by atomic mass is 10.2. The summed E-state index contributed by atoms with van der Waals surface area (Å²) < 4.78 is 11.1. The Morgan fingerprint density at radius 3 is 2.39 bits per heavy atom. The van der Waals surface area contributed by atoms with Crippen molar-refractivity contribution in [2.75, 3.05) is 18.5 Å². The predicted octanol–water partition coefficient (Wildman–Crippen LogP) is 3.48. The predicted molar refractivity (Wildman–Crippen MR) is 120 cm³/mol. The van der Waals surface area contributed by atoms with Gasteiger partial charge >= 0.3 is 5.97 Å². The topological polar surface area (TPSA) is 106 Å². The monoisotopic (exact) mass is 489 g/mol. The van der Waals surface area contributed by atoms with E-state index in [4.69, 9.17) is 9.47 Å². The summed E-state index contributed by atoms with van der Waals surface area (Å²) in [6, 6.07) is 11.9. The number of carbonyl (C=O) groups is 3. The van der Waals surface area contributed by atoms with Crippen LogP contribution in [0.4, 0.5) is 5.69 Å². The highest BCUT2D eigenvalue weighted by atomic mass is 79.9. The van der Waals surface area contributed by atoms with Gasteiger partial charge in [-0.3, -0.25) is 15.0 Å². The lowest BCUT2D eigenvalue weighted by Crippen LogP contribution is -2.40. The molecule has 9 heteroatoms. The molecule has 31 heavy (non-hydrogen) atoms. The van der Waals surface area contributed by atoms with E-state index in [-0.39, 0.29) is 18.9 Å². The number of amides is 2. The Bertz CT molecular complexity index is 960. The van der Waals surface area contributed by atoms with Crippen LogP contribution >= 0.6 is 15.9 Å². The van der Waals surface area contributed by atoms with Gasteiger partial charge in [-0.15, -0.1) is 0 Å². The van der Waals surface area contributed by atoms with Crippen molar-refractivity contribution in [1.82, 2.24) is 10.9 Å². The molecule has 0 bridgehead atoms. The third-order valence-corrected chi connectivity index (χ3v) is 4.50. The average Bonchev–Trinajstić information content (AvgIpc) is 2.72. The van der Waals surface area contributed by atoms with Crippen molar-refractivity contribution in [3.05, 3.63) is 70.3 Å². The van der Waals surface area contributed by atoms with Crippen LogP contribution in [0.2, 0.25) is 0 Å². The van der Waals surface area contributed by atoms with E-state index < -0.39 is 11.9 Å². The Morgan fingerprint density at radius 2 is 1.74 bits per heavy atom. The van der Waals surface area contributed by atoms with Crippen molar-refractivity contribution in [2.24, 2.45) is 0 Å². The Morgan fingerprint density at radius 1 is 1.03 bits per heavy atom. The molecule has 0 atom stereocenters. The first-order valence-corrected chi connectivity index (χ1v) is 10.3. The molecule has 0 aliphatic rings. The average molecular weight is 490 g/mol. The van der Waals surface area contributed by atoms with E-state index in [0.717, 1.165) is 10.0 Å². The number of hydrogen-bond acceptors (Lipinski definition) is 6. The maximum atomic E-state index is 12.1. The third kappa shape index (κ3) is 8.13. The van der Waals surface area contributed by atoms with Gasteiger partial charge in [0.25, 0.3) is 5.91 Å². The number of benzene rings is 2. The van der Waals surface area contributed by atoms with E-state index in [2.05, 4.69) is 38.7 Å². The van der Waals surface area contributed by atoms with Crippen LogP contribution in [-0.4, -0.2) is 31.0 Å². The number of rotatable bonds is 10. The molecule has 0 heterocycles. The molecule has 2 aromatic carbocycles. The molecule has 0 saturated heterocycles. The van der Waals surface area contributed by atoms with Crippen LogP contribution in [-0.2, 0) is 14.3 Å². The Balaban J connectivity index is 1.72. The van der Waals surface area contributed by atoms with E-state index >= 15 is 0 Å². The normalized spacial score (nSPS) is 10.0. The minimum atomic E-state index is -0.427. The van der Waals surface area contributed by atoms with Gasteiger partial charge in [-0.05, 0) is 71.7 Å². The molecule has 0 spiro atoms. The van der Waals surface area contributed by atoms with Crippen molar-refractivity contribution in [3.8, 4) is 5.75 Å². The molecular weight excluding hydrogens is 466 g/mol. The maximum Gasteiger partial charge on any atom is 0.338 e. The third-order valence-electron chi connectivity index (χ3n) is 3.88. The first-order valence-electron chi connectivity index (χ1n) is 9.47. The Labute approximate surface area is 189 Å². The number of hydrazine groups is 1. The van der Waals surface area contributed by atoms with E-state index in [1.54, 1.807) is 37.3 Å².